The van der Waals surface area contributed by atoms with E-state index in [9.17, 15) is 10.1 Å². The Morgan fingerprint density at radius 3 is 2.25 bits per heavy atom. The van der Waals surface area contributed by atoms with Crippen LogP contribution in [0.1, 0.15) is 0 Å². The zero-order valence-electron chi connectivity index (χ0n) is 12.2. The molecule has 0 bridgehead atoms. The highest BCUT2D eigenvalue weighted by Gasteiger charge is 2.17. The first-order chi connectivity index (χ1) is 9.56. The third kappa shape index (κ3) is 3.91. The maximum atomic E-state index is 10.6. The molecule has 6 nitrogen and oxygen atoms in total. The van der Waals surface area contributed by atoms with Crippen molar-refractivity contribution in [2.24, 2.45) is 0 Å². The van der Waals surface area contributed by atoms with Crippen LogP contribution in [0.3, 0.4) is 0 Å². The van der Waals surface area contributed by atoms with Gasteiger partial charge in [0.05, 0.1) is 4.92 Å². The van der Waals surface area contributed by atoms with Crippen LogP contribution in [0.15, 0.2) is 24.3 Å². The minimum atomic E-state index is -0.358. The molecule has 1 aromatic carbocycles. The van der Waals surface area contributed by atoms with Crippen molar-refractivity contribution in [2.45, 2.75) is 0 Å². The van der Waals surface area contributed by atoms with E-state index in [4.69, 9.17) is 0 Å². The molecule has 0 unspecified atom stereocenters. The maximum absolute atomic E-state index is 10.6. The van der Waals surface area contributed by atoms with Crippen LogP contribution in [-0.2, 0) is 0 Å². The van der Waals surface area contributed by atoms with Crippen molar-refractivity contribution < 1.29 is 4.92 Å². The molecule has 1 aromatic rings. The van der Waals surface area contributed by atoms with Crippen LogP contribution < -0.4 is 4.90 Å². The van der Waals surface area contributed by atoms with Gasteiger partial charge in [0.1, 0.15) is 0 Å². The fourth-order valence-corrected chi connectivity index (χ4v) is 2.36. The van der Waals surface area contributed by atoms with E-state index in [0.717, 1.165) is 45.0 Å². The average molecular weight is 278 g/mol. The van der Waals surface area contributed by atoms with Gasteiger partial charge >= 0.3 is 0 Å². The lowest BCUT2D eigenvalue weighted by Crippen LogP contribution is -2.48. The molecule has 0 spiro atoms. The summed E-state index contributed by atoms with van der Waals surface area (Å²) < 4.78 is 0. The van der Waals surface area contributed by atoms with Crippen LogP contribution in [0.25, 0.3) is 0 Å². The summed E-state index contributed by atoms with van der Waals surface area (Å²) in [6, 6.07) is 6.84. The van der Waals surface area contributed by atoms with E-state index in [1.54, 1.807) is 12.1 Å². The molecule has 0 radical (unpaired) electrons. The van der Waals surface area contributed by atoms with Gasteiger partial charge in [-0.2, -0.15) is 0 Å². The lowest BCUT2D eigenvalue weighted by Gasteiger charge is -2.36. The highest BCUT2D eigenvalue weighted by atomic mass is 16.6. The first-order valence-electron chi connectivity index (χ1n) is 6.93. The number of hydrogen-bond donors (Lipinski definition) is 0. The number of nitro groups is 1. The van der Waals surface area contributed by atoms with Crippen LogP contribution in [-0.4, -0.2) is 68.1 Å². The van der Waals surface area contributed by atoms with Crippen molar-refractivity contribution >= 4 is 11.4 Å². The number of hydrogen-bond acceptors (Lipinski definition) is 5. The molecule has 2 rings (SSSR count). The normalized spacial score (nSPS) is 16.6. The second-order valence-electron chi connectivity index (χ2n) is 5.41. The van der Waals surface area contributed by atoms with Gasteiger partial charge in [-0.25, -0.2) is 0 Å². The first-order valence-corrected chi connectivity index (χ1v) is 6.93. The Kier molecular flexibility index (Phi) is 4.92. The standard InChI is InChI=1S/C14H22N4O2/c1-15(2)7-8-16-9-11-17(12-10-16)13-3-5-14(6-4-13)18(19)20/h3-6H,7-12H2,1-2H3. The maximum Gasteiger partial charge on any atom is 0.269 e. The number of likely N-dealkylation sites (N-methyl/N-ethyl adjacent to an activating group) is 1. The van der Waals surface area contributed by atoms with E-state index in [1.165, 1.54) is 0 Å². The van der Waals surface area contributed by atoms with Gasteiger partial charge < -0.3 is 9.80 Å². The smallest absolute Gasteiger partial charge is 0.269 e. The highest BCUT2D eigenvalue weighted by molar-refractivity contribution is 5.51. The number of nitrogens with zero attached hydrogens (tertiary/aromatic N) is 4. The minimum absolute atomic E-state index is 0.151. The molecule has 1 aliphatic heterocycles. The van der Waals surface area contributed by atoms with Crippen molar-refractivity contribution in [3.8, 4) is 0 Å². The van der Waals surface area contributed by atoms with Gasteiger partial charge in [0.15, 0.2) is 0 Å². The molecule has 1 saturated heterocycles. The predicted molar refractivity (Wildman–Crippen MR) is 80.3 cm³/mol. The summed E-state index contributed by atoms with van der Waals surface area (Å²) in [4.78, 5) is 17.2. The summed E-state index contributed by atoms with van der Waals surface area (Å²) in [5, 5.41) is 10.6. The Hall–Kier alpha value is -1.66. The Labute approximate surface area is 119 Å². The molecular formula is C14H22N4O2. The summed E-state index contributed by atoms with van der Waals surface area (Å²) in [7, 11) is 4.18. The summed E-state index contributed by atoms with van der Waals surface area (Å²) in [6.07, 6.45) is 0. The van der Waals surface area contributed by atoms with Crippen molar-refractivity contribution in [1.29, 1.82) is 0 Å². The average Bonchev–Trinajstić information content (AvgIpc) is 2.46. The fraction of sp³-hybridized carbons (Fsp3) is 0.571. The van der Waals surface area contributed by atoms with Gasteiger partial charge in [0.2, 0.25) is 0 Å². The lowest BCUT2D eigenvalue weighted by molar-refractivity contribution is -0.384. The Morgan fingerprint density at radius 1 is 1.15 bits per heavy atom. The number of nitro benzene ring substituents is 1. The van der Waals surface area contributed by atoms with E-state index < -0.39 is 0 Å². The predicted octanol–water partition coefficient (Wildman–Crippen LogP) is 1.28. The van der Waals surface area contributed by atoms with Crippen molar-refractivity contribution in [3.63, 3.8) is 0 Å². The number of piperazine rings is 1. The van der Waals surface area contributed by atoms with Gasteiger partial charge in [-0.05, 0) is 26.2 Å². The Morgan fingerprint density at radius 2 is 1.75 bits per heavy atom. The molecule has 0 amide bonds. The van der Waals surface area contributed by atoms with Crippen LogP contribution in [0, 0.1) is 10.1 Å². The SMILES string of the molecule is CN(C)CCN1CCN(c2ccc([N+](=O)[O-])cc2)CC1. The van der Waals surface area contributed by atoms with Crippen molar-refractivity contribution in [2.75, 3.05) is 58.3 Å². The van der Waals surface area contributed by atoms with E-state index in [0.29, 0.717) is 0 Å². The molecule has 0 aliphatic carbocycles. The second kappa shape index (κ2) is 6.67. The molecule has 0 atom stereocenters. The van der Waals surface area contributed by atoms with Gasteiger partial charge in [0, 0.05) is 57.1 Å². The van der Waals surface area contributed by atoms with Crippen LogP contribution in [0.2, 0.25) is 0 Å². The van der Waals surface area contributed by atoms with E-state index >= 15 is 0 Å². The van der Waals surface area contributed by atoms with Gasteiger partial charge in [-0.1, -0.05) is 0 Å². The number of rotatable bonds is 5. The molecule has 1 aliphatic rings. The monoisotopic (exact) mass is 278 g/mol. The number of non-ortho nitro benzene ring substituents is 1. The lowest BCUT2D eigenvalue weighted by atomic mass is 10.2. The molecule has 20 heavy (non-hydrogen) atoms. The molecule has 110 valence electrons. The zero-order valence-corrected chi connectivity index (χ0v) is 12.2. The second-order valence-corrected chi connectivity index (χ2v) is 5.41. The molecule has 1 fully saturated rings. The molecule has 0 saturated carbocycles. The third-order valence-corrected chi connectivity index (χ3v) is 3.66. The summed E-state index contributed by atoms with van der Waals surface area (Å²) >= 11 is 0. The van der Waals surface area contributed by atoms with Crippen LogP contribution in [0.4, 0.5) is 11.4 Å². The van der Waals surface area contributed by atoms with Gasteiger partial charge in [-0.3, -0.25) is 15.0 Å². The topological polar surface area (TPSA) is 52.9 Å². The molecule has 0 aromatic heterocycles. The quantitative estimate of drug-likeness (QED) is 0.600. The van der Waals surface area contributed by atoms with Gasteiger partial charge in [0.25, 0.3) is 5.69 Å². The van der Waals surface area contributed by atoms with Gasteiger partial charge in [-0.15, -0.1) is 0 Å². The zero-order chi connectivity index (χ0) is 14.5. The van der Waals surface area contributed by atoms with E-state index in [-0.39, 0.29) is 10.6 Å². The van der Waals surface area contributed by atoms with Crippen LogP contribution in [0.5, 0.6) is 0 Å². The number of anilines is 1. The number of benzene rings is 1. The molecule has 6 heteroatoms. The van der Waals surface area contributed by atoms with Crippen molar-refractivity contribution in [1.82, 2.24) is 9.80 Å². The highest BCUT2D eigenvalue weighted by Crippen LogP contribution is 2.20. The Bertz CT molecular complexity index is 439. The van der Waals surface area contributed by atoms with E-state index in [2.05, 4.69) is 28.8 Å². The summed E-state index contributed by atoms with van der Waals surface area (Å²) in [6.45, 7) is 6.23. The van der Waals surface area contributed by atoms with E-state index in [1.807, 2.05) is 12.1 Å². The van der Waals surface area contributed by atoms with Crippen molar-refractivity contribution in [3.05, 3.63) is 34.4 Å². The molecular weight excluding hydrogens is 256 g/mol. The summed E-state index contributed by atoms with van der Waals surface area (Å²) in [5.74, 6) is 0. The molecule has 1 heterocycles. The largest absolute Gasteiger partial charge is 0.369 e. The first kappa shape index (κ1) is 14.7. The summed E-state index contributed by atoms with van der Waals surface area (Å²) in [5.41, 5.74) is 1.22. The molecule has 0 N–H and O–H groups in total. The Balaban J connectivity index is 1.85. The third-order valence-electron chi connectivity index (χ3n) is 3.66. The van der Waals surface area contributed by atoms with Crippen LogP contribution >= 0.6 is 0 Å². The minimum Gasteiger partial charge on any atom is -0.369 e. The fourth-order valence-electron chi connectivity index (χ4n) is 2.36.